The summed E-state index contributed by atoms with van der Waals surface area (Å²) in [5.41, 5.74) is 2.22. The van der Waals surface area contributed by atoms with Gasteiger partial charge in [0.15, 0.2) is 0 Å². The van der Waals surface area contributed by atoms with Crippen LogP contribution in [0.3, 0.4) is 0 Å². The van der Waals surface area contributed by atoms with E-state index in [0.29, 0.717) is 47.7 Å². The molecule has 0 aromatic heterocycles. The normalized spacial score (nSPS) is 35.1. The average Bonchev–Trinajstić information content (AvgIpc) is 3.85. The molecule has 0 saturated heterocycles. The van der Waals surface area contributed by atoms with Crippen LogP contribution in [0.25, 0.3) is 5.57 Å². The first-order valence-corrected chi connectivity index (χ1v) is 15.9. The summed E-state index contributed by atoms with van der Waals surface area (Å²) in [7, 11) is 0. The van der Waals surface area contributed by atoms with E-state index in [-0.39, 0.29) is 48.9 Å². The summed E-state index contributed by atoms with van der Waals surface area (Å²) >= 11 is 0. The Labute approximate surface area is 248 Å². The number of rotatable bonds is 10. The number of hydrogen-bond donors (Lipinski definition) is 0. The Morgan fingerprint density at radius 3 is 2.10 bits per heavy atom. The van der Waals surface area contributed by atoms with Crippen LogP contribution in [-0.4, -0.2) is 37.7 Å². The van der Waals surface area contributed by atoms with Crippen molar-refractivity contribution in [2.75, 3.05) is 19.8 Å². The fourth-order valence-corrected chi connectivity index (χ4v) is 8.52. The van der Waals surface area contributed by atoms with Crippen LogP contribution in [0.1, 0.15) is 68.3 Å². The molecule has 7 rings (SSSR count). The number of benzene rings is 1. The van der Waals surface area contributed by atoms with E-state index in [9.17, 15) is 14.4 Å². The van der Waals surface area contributed by atoms with Gasteiger partial charge in [0.1, 0.15) is 0 Å². The predicted molar refractivity (Wildman–Crippen MR) is 158 cm³/mol. The molecule has 222 valence electrons. The van der Waals surface area contributed by atoms with Gasteiger partial charge >= 0.3 is 17.9 Å². The molecule has 6 aliphatic carbocycles. The molecule has 9 unspecified atom stereocenters. The topological polar surface area (TPSA) is 78.9 Å². The number of hydrogen-bond acceptors (Lipinski definition) is 6. The third kappa shape index (κ3) is 5.38. The Kier molecular flexibility index (Phi) is 7.14. The minimum Gasteiger partial charge on any atom is -0.465 e. The summed E-state index contributed by atoms with van der Waals surface area (Å²) in [6, 6.07) is 7.66. The third-order valence-corrected chi connectivity index (χ3v) is 10.8. The van der Waals surface area contributed by atoms with E-state index in [1.54, 1.807) is 0 Å². The van der Waals surface area contributed by atoms with Crippen molar-refractivity contribution in [1.29, 1.82) is 0 Å². The molecule has 6 bridgehead atoms. The van der Waals surface area contributed by atoms with Crippen molar-refractivity contribution in [3.05, 3.63) is 65.8 Å². The molecule has 1 aromatic rings. The van der Waals surface area contributed by atoms with Gasteiger partial charge in [-0.1, -0.05) is 56.4 Å². The number of esters is 3. The Morgan fingerprint density at radius 1 is 0.762 bits per heavy atom. The summed E-state index contributed by atoms with van der Waals surface area (Å²) in [6.45, 7) is 4.87. The molecule has 42 heavy (non-hydrogen) atoms. The highest BCUT2D eigenvalue weighted by molar-refractivity contribution is 5.91. The molecular formula is C36H42O6. The van der Waals surface area contributed by atoms with Crippen LogP contribution in [0.15, 0.2) is 54.6 Å². The van der Waals surface area contributed by atoms with Crippen molar-refractivity contribution in [1.82, 2.24) is 0 Å². The number of carbonyl (C=O) groups excluding carboxylic acids is 3. The molecule has 6 aliphatic rings. The summed E-state index contributed by atoms with van der Waals surface area (Å²) in [5.74, 6) is 2.10. The number of allylic oxidation sites excluding steroid dienone is 6. The standard InChI is InChI=1S/C36H42O6/c1-36(2,19-41-34(38)30-13-22-7-9-26(30)11-22)20-42-35(39)32-16-23-14-29(31(32)15-23)25-4-3-5-27(17-25)33(37)40-18-28-12-21-6-8-24(28)10-21/h3-9,14,17,21-24,26,28,30-32H,10-13,15-16,18-20H2,1-2H3. The summed E-state index contributed by atoms with van der Waals surface area (Å²) in [4.78, 5) is 38.9. The molecule has 0 amide bonds. The Hall–Kier alpha value is -3.15. The maximum atomic E-state index is 13.3. The van der Waals surface area contributed by atoms with Gasteiger partial charge in [-0.2, -0.15) is 0 Å². The molecule has 6 heteroatoms. The van der Waals surface area contributed by atoms with E-state index >= 15 is 0 Å². The zero-order valence-corrected chi connectivity index (χ0v) is 24.7. The van der Waals surface area contributed by atoms with Gasteiger partial charge in [0.2, 0.25) is 0 Å². The fourth-order valence-electron chi connectivity index (χ4n) is 8.52. The monoisotopic (exact) mass is 570 g/mol. The zero-order chi connectivity index (χ0) is 29.0. The SMILES string of the molecule is CC(C)(COC(=O)C1CC2C=CC1C2)COC(=O)C1CC2C=C(c3cccc(C(=O)OCC4CC5C=CC4C5)c3)C1C2. The molecule has 0 radical (unpaired) electrons. The Bertz CT molecular complexity index is 1350. The van der Waals surface area contributed by atoms with Crippen LogP contribution in [0, 0.1) is 58.7 Å². The molecule has 3 saturated carbocycles. The number of ether oxygens (including phenoxy) is 3. The summed E-state index contributed by atoms with van der Waals surface area (Å²) in [5, 5.41) is 0. The van der Waals surface area contributed by atoms with E-state index < -0.39 is 5.41 Å². The van der Waals surface area contributed by atoms with Gasteiger partial charge in [-0.05, 0) is 103 Å². The lowest BCUT2D eigenvalue weighted by Crippen LogP contribution is -2.33. The molecule has 1 aromatic carbocycles. The van der Waals surface area contributed by atoms with Crippen molar-refractivity contribution in [2.24, 2.45) is 58.7 Å². The van der Waals surface area contributed by atoms with Gasteiger partial charge in [-0.3, -0.25) is 9.59 Å². The summed E-state index contributed by atoms with van der Waals surface area (Å²) < 4.78 is 17.3. The van der Waals surface area contributed by atoms with Crippen LogP contribution in [0.4, 0.5) is 0 Å². The highest BCUT2D eigenvalue weighted by Crippen LogP contribution is 2.52. The summed E-state index contributed by atoms with van der Waals surface area (Å²) in [6.07, 6.45) is 17.2. The van der Waals surface area contributed by atoms with Gasteiger partial charge < -0.3 is 14.2 Å². The molecule has 6 nitrogen and oxygen atoms in total. The first kappa shape index (κ1) is 27.7. The van der Waals surface area contributed by atoms with E-state index in [1.807, 2.05) is 38.1 Å². The molecule has 0 heterocycles. The highest BCUT2D eigenvalue weighted by Gasteiger charge is 2.46. The van der Waals surface area contributed by atoms with Gasteiger partial charge in [0.25, 0.3) is 0 Å². The maximum absolute atomic E-state index is 13.3. The van der Waals surface area contributed by atoms with Crippen LogP contribution < -0.4 is 0 Å². The third-order valence-electron chi connectivity index (χ3n) is 10.8. The largest absolute Gasteiger partial charge is 0.465 e. The average molecular weight is 571 g/mol. The van der Waals surface area contributed by atoms with Crippen LogP contribution in [0.2, 0.25) is 0 Å². The second kappa shape index (κ2) is 10.8. The first-order valence-electron chi connectivity index (χ1n) is 15.9. The van der Waals surface area contributed by atoms with Crippen molar-refractivity contribution >= 4 is 23.5 Å². The molecule has 0 aliphatic heterocycles. The minimum atomic E-state index is -0.460. The minimum absolute atomic E-state index is 0.0298. The van der Waals surface area contributed by atoms with E-state index in [0.717, 1.165) is 43.2 Å². The quantitative estimate of drug-likeness (QED) is 0.184. The lowest BCUT2D eigenvalue weighted by molar-refractivity contribution is -0.158. The van der Waals surface area contributed by atoms with Crippen molar-refractivity contribution in [3.63, 3.8) is 0 Å². The van der Waals surface area contributed by atoms with E-state index in [1.165, 1.54) is 6.42 Å². The first-order chi connectivity index (χ1) is 20.2. The van der Waals surface area contributed by atoms with E-state index in [4.69, 9.17) is 14.2 Å². The maximum Gasteiger partial charge on any atom is 0.338 e. The molecule has 3 fully saturated rings. The van der Waals surface area contributed by atoms with Crippen LogP contribution in [0.5, 0.6) is 0 Å². The molecule has 0 N–H and O–H groups in total. The van der Waals surface area contributed by atoms with Gasteiger partial charge in [-0.25, -0.2) is 4.79 Å². The molecule has 0 spiro atoms. The van der Waals surface area contributed by atoms with Gasteiger partial charge in [0.05, 0.1) is 37.2 Å². The second-order valence-corrected chi connectivity index (χ2v) is 14.6. The molecule has 9 atom stereocenters. The van der Waals surface area contributed by atoms with Gasteiger partial charge in [0, 0.05) is 5.41 Å². The lowest BCUT2D eigenvalue weighted by atomic mass is 9.83. The predicted octanol–water partition coefficient (Wildman–Crippen LogP) is 6.42. The highest BCUT2D eigenvalue weighted by atomic mass is 16.5. The Morgan fingerprint density at radius 2 is 1.45 bits per heavy atom. The van der Waals surface area contributed by atoms with Crippen molar-refractivity contribution in [2.45, 2.75) is 52.4 Å². The lowest BCUT2D eigenvalue weighted by Gasteiger charge is -2.28. The molecular weight excluding hydrogens is 528 g/mol. The smallest absolute Gasteiger partial charge is 0.338 e. The second-order valence-electron chi connectivity index (χ2n) is 14.6. The van der Waals surface area contributed by atoms with Crippen LogP contribution >= 0.6 is 0 Å². The van der Waals surface area contributed by atoms with Crippen molar-refractivity contribution < 1.29 is 28.6 Å². The van der Waals surface area contributed by atoms with E-state index in [2.05, 4.69) is 30.4 Å². The van der Waals surface area contributed by atoms with Crippen molar-refractivity contribution in [3.8, 4) is 0 Å². The van der Waals surface area contributed by atoms with Gasteiger partial charge in [-0.15, -0.1) is 0 Å². The zero-order valence-electron chi connectivity index (χ0n) is 24.7. The Balaban J connectivity index is 0.915. The number of fused-ring (bicyclic) bond motifs is 6. The van der Waals surface area contributed by atoms with Crippen LogP contribution in [-0.2, 0) is 23.8 Å². The fraction of sp³-hybridized carbons (Fsp3) is 0.583. The number of carbonyl (C=O) groups is 3.